The first-order valence-corrected chi connectivity index (χ1v) is 11.0. The summed E-state index contributed by atoms with van der Waals surface area (Å²) in [6.07, 6.45) is 1.47. The summed E-state index contributed by atoms with van der Waals surface area (Å²) in [5, 5.41) is 0. The van der Waals surface area contributed by atoms with Crippen LogP contribution in [0.5, 0.6) is 5.75 Å². The second-order valence-electron chi connectivity index (χ2n) is 7.86. The average Bonchev–Trinajstić information content (AvgIpc) is 3.16. The third-order valence-electron chi connectivity index (χ3n) is 5.61. The molecule has 7 heteroatoms. The monoisotopic (exact) mass is 432 g/mol. The molecule has 0 fully saturated rings. The summed E-state index contributed by atoms with van der Waals surface area (Å²) in [7, 11) is 1.83. The summed E-state index contributed by atoms with van der Waals surface area (Å²) in [5.41, 5.74) is 2.26. The predicted molar refractivity (Wildman–Crippen MR) is 125 cm³/mol. The lowest BCUT2D eigenvalue weighted by Gasteiger charge is -2.12. The van der Waals surface area contributed by atoms with E-state index in [1.54, 1.807) is 9.13 Å². The Labute approximate surface area is 186 Å². The Morgan fingerprint density at radius 1 is 0.906 bits per heavy atom. The lowest BCUT2D eigenvalue weighted by molar-refractivity contribution is 0.306. The minimum absolute atomic E-state index is 0.197. The smallest absolute Gasteiger partial charge is 0.333 e. The van der Waals surface area contributed by atoms with Crippen LogP contribution in [0.25, 0.3) is 11.2 Å². The largest absolute Gasteiger partial charge is 0.489 e. The Balaban J connectivity index is 1.64. The molecule has 166 valence electrons. The van der Waals surface area contributed by atoms with Gasteiger partial charge >= 0.3 is 5.69 Å². The van der Waals surface area contributed by atoms with E-state index in [0.29, 0.717) is 30.7 Å². The lowest BCUT2D eigenvalue weighted by Crippen LogP contribution is -2.40. The van der Waals surface area contributed by atoms with E-state index >= 15 is 0 Å². The minimum atomic E-state index is -0.325. The molecule has 4 rings (SSSR count). The van der Waals surface area contributed by atoms with E-state index in [4.69, 9.17) is 4.74 Å². The molecule has 4 aromatic rings. The van der Waals surface area contributed by atoms with Gasteiger partial charge in [-0.15, -0.1) is 0 Å². The number of imidazole rings is 1. The zero-order valence-electron chi connectivity index (χ0n) is 18.7. The highest BCUT2D eigenvalue weighted by atomic mass is 16.5. The predicted octanol–water partition coefficient (Wildman–Crippen LogP) is 3.50. The quantitative estimate of drug-likeness (QED) is 0.427. The molecule has 0 saturated heterocycles. The molecule has 0 aliphatic carbocycles. The Bertz CT molecular complexity index is 1330. The van der Waals surface area contributed by atoms with E-state index in [2.05, 4.69) is 4.98 Å². The third-order valence-corrected chi connectivity index (χ3v) is 5.61. The summed E-state index contributed by atoms with van der Waals surface area (Å²) < 4.78 is 10.6. The summed E-state index contributed by atoms with van der Waals surface area (Å²) in [6, 6.07) is 17.5. The van der Waals surface area contributed by atoms with Gasteiger partial charge in [0, 0.05) is 20.0 Å². The first-order valence-electron chi connectivity index (χ1n) is 11.0. The summed E-state index contributed by atoms with van der Waals surface area (Å²) >= 11 is 0. The van der Waals surface area contributed by atoms with Gasteiger partial charge in [-0.2, -0.15) is 0 Å². The molecule has 0 aliphatic rings. The van der Waals surface area contributed by atoms with E-state index in [1.165, 1.54) is 4.57 Å². The highest BCUT2D eigenvalue weighted by Crippen LogP contribution is 2.15. The average molecular weight is 433 g/mol. The Kier molecular flexibility index (Phi) is 6.25. The number of fused-ring (bicyclic) bond motifs is 1. The van der Waals surface area contributed by atoms with E-state index in [1.807, 2.05) is 75.5 Å². The highest BCUT2D eigenvalue weighted by Gasteiger charge is 2.19. The molecule has 0 N–H and O–H groups in total. The molecule has 2 aromatic heterocycles. The van der Waals surface area contributed by atoms with E-state index < -0.39 is 0 Å². The van der Waals surface area contributed by atoms with Gasteiger partial charge in [-0.05, 0) is 29.7 Å². The van der Waals surface area contributed by atoms with Crippen LogP contribution in [0, 0.1) is 0 Å². The summed E-state index contributed by atoms with van der Waals surface area (Å²) in [4.78, 5) is 31.0. The van der Waals surface area contributed by atoms with Gasteiger partial charge in [0.25, 0.3) is 5.56 Å². The molecule has 32 heavy (non-hydrogen) atoms. The number of rotatable bonds is 8. The Morgan fingerprint density at radius 2 is 1.62 bits per heavy atom. The first-order chi connectivity index (χ1) is 15.5. The topological polar surface area (TPSA) is 71.1 Å². The van der Waals surface area contributed by atoms with Crippen molar-refractivity contribution < 1.29 is 4.74 Å². The molecular formula is C25H28N4O3. The first kappa shape index (κ1) is 21.6. The maximum Gasteiger partial charge on any atom is 0.333 e. The molecule has 2 aromatic carbocycles. The highest BCUT2D eigenvalue weighted by molar-refractivity contribution is 5.71. The fourth-order valence-corrected chi connectivity index (χ4v) is 3.90. The van der Waals surface area contributed by atoms with Gasteiger partial charge in [-0.3, -0.25) is 13.9 Å². The molecule has 0 radical (unpaired) electrons. The van der Waals surface area contributed by atoms with Crippen LogP contribution in [0.1, 0.15) is 37.2 Å². The SMILES string of the molecule is CCCn1c(=O)n(Cc2ccc(OCc3ccccc3)cc2)c(=O)c2c1nc(CC)n2C. The second kappa shape index (κ2) is 9.26. The van der Waals surface area contributed by atoms with Crippen LogP contribution in [-0.2, 0) is 33.2 Å². The Morgan fingerprint density at radius 3 is 2.28 bits per heavy atom. The maximum absolute atomic E-state index is 13.3. The number of nitrogens with zero attached hydrogens (tertiary/aromatic N) is 4. The van der Waals surface area contributed by atoms with Crippen molar-refractivity contribution in [2.45, 2.75) is 46.4 Å². The summed E-state index contributed by atoms with van der Waals surface area (Å²) in [5.74, 6) is 1.53. The molecule has 0 spiro atoms. The molecule has 0 saturated carbocycles. The number of aromatic nitrogens is 4. The van der Waals surface area contributed by atoms with E-state index in [0.717, 1.165) is 29.1 Å². The molecule has 0 atom stereocenters. The van der Waals surface area contributed by atoms with Crippen molar-refractivity contribution in [2.75, 3.05) is 0 Å². The minimum Gasteiger partial charge on any atom is -0.489 e. The maximum atomic E-state index is 13.3. The molecule has 7 nitrogen and oxygen atoms in total. The van der Waals surface area contributed by atoms with Crippen molar-refractivity contribution in [2.24, 2.45) is 7.05 Å². The molecular weight excluding hydrogens is 404 g/mol. The lowest BCUT2D eigenvalue weighted by atomic mass is 10.2. The molecule has 0 amide bonds. The van der Waals surface area contributed by atoms with E-state index in [9.17, 15) is 9.59 Å². The fraction of sp³-hybridized carbons (Fsp3) is 0.320. The van der Waals surface area contributed by atoms with Gasteiger partial charge in [-0.25, -0.2) is 9.78 Å². The number of hydrogen-bond donors (Lipinski definition) is 0. The van der Waals surface area contributed by atoms with Crippen LogP contribution in [0.3, 0.4) is 0 Å². The van der Waals surface area contributed by atoms with Crippen molar-refractivity contribution in [3.05, 3.63) is 92.4 Å². The molecule has 2 heterocycles. The van der Waals surface area contributed by atoms with Gasteiger partial charge in [0.1, 0.15) is 18.2 Å². The van der Waals surface area contributed by atoms with Gasteiger partial charge in [-0.1, -0.05) is 56.3 Å². The second-order valence-corrected chi connectivity index (χ2v) is 7.86. The normalized spacial score (nSPS) is 11.2. The number of ether oxygens (including phenoxy) is 1. The number of benzene rings is 2. The van der Waals surface area contributed by atoms with Gasteiger partial charge in [0.05, 0.1) is 6.54 Å². The van der Waals surface area contributed by atoms with Gasteiger partial charge in [0.15, 0.2) is 11.2 Å². The van der Waals surface area contributed by atoms with Gasteiger partial charge in [0.2, 0.25) is 0 Å². The van der Waals surface area contributed by atoms with Crippen LogP contribution in [-0.4, -0.2) is 18.7 Å². The van der Waals surface area contributed by atoms with Crippen molar-refractivity contribution in [3.63, 3.8) is 0 Å². The standard InChI is InChI=1S/C25H28N4O3/c1-4-15-28-23-22(27(3)21(5-2)26-23)24(30)29(25(28)31)16-18-11-13-20(14-12-18)32-17-19-9-7-6-8-10-19/h6-14H,4-5,15-17H2,1-3H3. The number of aryl methyl sites for hydroxylation is 3. The van der Waals surface area contributed by atoms with Crippen molar-refractivity contribution in [1.82, 2.24) is 18.7 Å². The van der Waals surface area contributed by atoms with Crippen molar-refractivity contribution >= 4 is 11.2 Å². The molecule has 0 bridgehead atoms. The van der Waals surface area contributed by atoms with Crippen LogP contribution in [0.2, 0.25) is 0 Å². The molecule has 0 unspecified atom stereocenters. The fourth-order valence-electron chi connectivity index (χ4n) is 3.90. The zero-order chi connectivity index (χ0) is 22.7. The van der Waals surface area contributed by atoms with Crippen molar-refractivity contribution in [1.29, 1.82) is 0 Å². The number of hydrogen-bond acceptors (Lipinski definition) is 4. The zero-order valence-corrected chi connectivity index (χ0v) is 18.7. The molecule has 0 aliphatic heterocycles. The summed E-state index contributed by atoms with van der Waals surface area (Å²) in [6.45, 7) is 5.19. The van der Waals surface area contributed by atoms with Crippen LogP contribution in [0.4, 0.5) is 0 Å². The Hall–Kier alpha value is -3.61. The van der Waals surface area contributed by atoms with Crippen LogP contribution in [0.15, 0.2) is 64.2 Å². The third kappa shape index (κ3) is 4.10. The van der Waals surface area contributed by atoms with Crippen LogP contribution >= 0.6 is 0 Å². The van der Waals surface area contributed by atoms with Crippen molar-refractivity contribution in [3.8, 4) is 5.75 Å². The van der Waals surface area contributed by atoms with Gasteiger partial charge < -0.3 is 9.30 Å². The van der Waals surface area contributed by atoms with Crippen LogP contribution < -0.4 is 16.0 Å². The van der Waals surface area contributed by atoms with E-state index in [-0.39, 0.29) is 17.8 Å².